The summed E-state index contributed by atoms with van der Waals surface area (Å²) in [6.07, 6.45) is -0.488. The number of hydrogen-bond acceptors (Lipinski definition) is 5. The van der Waals surface area contributed by atoms with Crippen LogP contribution in [0.5, 0.6) is 0 Å². The molecule has 2 amide bonds. The third-order valence-corrected chi connectivity index (χ3v) is 6.90. The number of hydrogen-bond donors (Lipinski definition) is 4. The molecule has 12 heteroatoms. The summed E-state index contributed by atoms with van der Waals surface area (Å²) in [4.78, 5) is 30.9. The molecule has 0 bridgehead atoms. The predicted molar refractivity (Wildman–Crippen MR) is 124 cm³/mol. The summed E-state index contributed by atoms with van der Waals surface area (Å²) in [7, 11) is -4.00. The first-order valence-corrected chi connectivity index (χ1v) is 12.0. The van der Waals surface area contributed by atoms with E-state index >= 15 is 0 Å². The van der Waals surface area contributed by atoms with Gasteiger partial charge in [-0.25, -0.2) is 13.2 Å². The highest BCUT2D eigenvalue weighted by Gasteiger charge is 2.31. The van der Waals surface area contributed by atoms with Gasteiger partial charge in [0.05, 0.1) is 4.90 Å². The molecule has 1 fully saturated rings. The lowest BCUT2D eigenvalue weighted by Crippen LogP contribution is -2.55. The van der Waals surface area contributed by atoms with E-state index in [0.29, 0.717) is 6.42 Å². The van der Waals surface area contributed by atoms with E-state index in [2.05, 4.69) is 9.71 Å². The zero-order valence-corrected chi connectivity index (χ0v) is 18.9. The minimum Gasteiger partial charge on any atom is -0.465 e. The van der Waals surface area contributed by atoms with Gasteiger partial charge in [-0.3, -0.25) is 9.79 Å². The number of sulfonamides is 1. The Balaban J connectivity index is 1.78. The van der Waals surface area contributed by atoms with E-state index in [0.717, 1.165) is 10.8 Å². The van der Waals surface area contributed by atoms with Crippen LogP contribution in [0.2, 0.25) is 0 Å². The lowest BCUT2D eigenvalue weighted by atomic mass is 10.1. The second kappa shape index (κ2) is 10.5. The topological polar surface area (TPSA) is 171 Å². The van der Waals surface area contributed by atoms with Crippen LogP contribution in [0.25, 0.3) is 10.8 Å². The maximum Gasteiger partial charge on any atom is 0.407 e. The van der Waals surface area contributed by atoms with Crippen LogP contribution in [0.1, 0.15) is 12.8 Å². The Morgan fingerprint density at radius 3 is 2.30 bits per heavy atom. The van der Waals surface area contributed by atoms with Crippen molar-refractivity contribution in [1.82, 2.24) is 14.5 Å². The summed E-state index contributed by atoms with van der Waals surface area (Å²) in [6.45, 7) is 0.954. The first-order valence-electron chi connectivity index (χ1n) is 10.5. The van der Waals surface area contributed by atoms with Gasteiger partial charge in [0.25, 0.3) is 0 Å². The largest absolute Gasteiger partial charge is 0.465 e. The fraction of sp³-hybridized carbons (Fsp3) is 0.381. The van der Waals surface area contributed by atoms with Gasteiger partial charge in [0.15, 0.2) is 5.96 Å². The van der Waals surface area contributed by atoms with Crippen molar-refractivity contribution in [3.05, 3.63) is 42.5 Å². The van der Waals surface area contributed by atoms with Gasteiger partial charge in [0, 0.05) is 32.7 Å². The number of piperazine rings is 1. The van der Waals surface area contributed by atoms with Crippen molar-refractivity contribution in [2.45, 2.75) is 23.8 Å². The second-order valence-corrected chi connectivity index (χ2v) is 9.44. The first-order chi connectivity index (χ1) is 15.7. The van der Waals surface area contributed by atoms with Gasteiger partial charge in [-0.2, -0.15) is 4.72 Å². The number of aliphatic imine (C=N–C) groups is 1. The third-order valence-electron chi connectivity index (χ3n) is 5.43. The fourth-order valence-corrected chi connectivity index (χ4v) is 4.92. The Hall–Kier alpha value is -3.38. The molecular formula is C21H28N6O5S. The number of carbonyl (C=O) groups excluding carboxylic acids is 1. The normalized spacial score (nSPS) is 15.3. The summed E-state index contributed by atoms with van der Waals surface area (Å²) >= 11 is 0. The minimum atomic E-state index is -4.00. The number of nitrogens with two attached hydrogens (primary N) is 2. The molecule has 33 heavy (non-hydrogen) atoms. The maximum atomic E-state index is 13.2. The number of carbonyl (C=O) groups is 2. The minimum absolute atomic E-state index is 0.0546. The molecule has 1 atom stereocenters. The molecular weight excluding hydrogens is 448 g/mol. The highest BCUT2D eigenvalue weighted by atomic mass is 32.2. The van der Waals surface area contributed by atoms with Crippen LogP contribution in [-0.2, 0) is 14.8 Å². The molecule has 1 saturated heterocycles. The van der Waals surface area contributed by atoms with E-state index in [9.17, 15) is 18.0 Å². The Morgan fingerprint density at radius 2 is 1.67 bits per heavy atom. The fourth-order valence-electron chi connectivity index (χ4n) is 3.66. The van der Waals surface area contributed by atoms with E-state index in [1.807, 2.05) is 24.3 Å². The molecule has 2 aromatic rings. The average Bonchev–Trinajstić information content (AvgIpc) is 2.80. The number of nitrogens with zero attached hydrogens (tertiary/aromatic N) is 3. The monoisotopic (exact) mass is 476 g/mol. The van der Waals surface area contributed by atoms with Crippen LogP contribution in [0.15, 0.2) is 52.4 Å². The van der Waals surface area contributed by atoms with Crippen LogP contribution in [0.3, 0.4) is 0 Å². The number of rotatable bonds is 8. The van der Waals surface area contributed by atoms with E-state index in [1.54, 1.807) is 12.1 Å². The highest BCUT2D eigenvalue weighted by Crippen LogP contribution is 2.20. The summed E-state index contributed by atoms with van der Waals surface area (Å²) in [5.41, 5.74) is 10.7. The lowest BCUT2D eigenvalue weighted by Gasteiger charge is -2.35. The molecule has 1 aliphatic heterocycles. The van der Waals surface area contributed by atoms with Crippen molar-refractivity contribution in [2.24, 2.45) is 16.5 Å². The van der Waals surface area contributed by atoms with Gasteiger partial charge >= 0.3 is 6.09 Å². The standard InChI is InChI=1S/C21H28N6O5S/c22-20(23)24-9-3-6-18(19(28)26-10-12-27(13-11-26)21(29)30)25-33(31,32)17-8-7-15-4-1-2-5-16(15)14-17/h1-2,4-5,7-8,14,18,25H,3,6,9-13H2,(H,29,30)(H4,22,23,24)/t18-/m0/s1. The van der Waals surface area contributed by atoms with Crippen molar-refractivity contribution in [3.8, 4) is 0 Å². The number of carboxylic acid groups (broad SMARTS) is 1. The van der Waals surface area contributed by atoms with Crippen LogP contribution >= 0.6 is 0 Å². The van der Waals surface area contributed by atoms with Crippen molar-refractivity contribution < 1.29 is 23.1 Å². The van der Waals surface area contributed by atoms with Crippen LogP contribution in [0, 0.1) is 0 Å². The second-order valence-electron chi connectivity index (χ2n) is 7.73. The molecule has 0 unspecified atom stereocenters. The molecule has 178 valence electrons. The van der Waals surface area contributed by atoms with Crippen molar-refractivity contribution in [3.63, 3.8) is 0 Å². The van der Waals surface area contributed by atoms with Crippen LogP contribution in [0.4, 0.5) is 4.79 Å². The summed E-state index contributed by atoms with van der Waals surface area (Å²) in [5, 5.41) is 10.8. The molecule has 2 aromatic carbocycles. The molecule has 11 nitrogen and oxygen atoms in total. The van der Waals surface area contributed by atoms with E-state index in [4.69, 9.17) is 16.6 Å². The molecule has 0 radical (unpaired) electrons. The van der Waals surface area contributed by atoms with Gasteiger partial charge in [0.2, 0.25) is 15.9 Å². The van der Waals surface area contributed by atoms with Crippen molar-refractivity contribution in [2.75, 3.05) is 32.7 Å². The summed E-state index contributed by atoms with van der Waals surface area (Å²) in [5.74, 6) is -0.492. The zero-order chi connectivity index (χ0) is 24.0. The number of nitrogens with one attached hydrogen (secondary N) is 1. The van der Waals surface area contributed by atoms with Gasteiger partial charge in [-0.1, -0.05) is 30.3 Å². The zero-order valence-electron chi connectivity index (χ0n) is 18.1. The molecule has 0 aliphatic carbocycles. The Kier molecular flexibility index (Phi) is 7.71. The number of guanidine groups is 1. The Bertz CT molecular complexity index is 1140. The first kappa shape index (κ1) is 24.3. The van der Waals surface area contributed by atoms with Crippen molar-refractivity contribution in [1.29, 1.82) is 0 Å². The Labute approximate surface area is 192 Å². The number of fused-ring (bicyclic) bond motifs is 1. The molecule has 0 saturated carbocycles. The van der Waals surface area contributed by atoms with E-state index in [1.165, 1.54) is 15.9 Å². The summed E-state index contributed by atoms with van der Waals surface area (Å²) in [6, 6.07) is 11.1. The molecule has 3 rings (SSSR count). The van der Waals surface area contributed by atoms with E-state index < -0.39 is 28.1 Å². The predicted octanol–water partition coefficient (Wildman–Crippen LogP) is 0.363. The van der Waals surface area contributed by atoms with Crippen molar-refractivity contribution >= 4 is 38.8 Å². The summed E-state index contributed by atoms with van der Waals surface area (Å²) < 4.78 is 28.8. The van der Waals surface area contributed by atoms with Gasteiger partial charge in [0.1, 0.15) is 6.04 Å². The quantitative estimate of drug-likeness (QED) is 0.242. The Morgan fingerprint density at radius 1 is 1.03 bits per heavy atom. The molecule has 1 aliphatic rings. The SMILES string of the molecule is NC(N)=NCCC[C@H](NS(=O)(=O)c1ccc2ccccc2c1)C(=O)N1CCN(C(=O)O)CC1. The molecule has 6 N–H and O–H groups in total. The van der Waals surface area contributed by atoms with Crippen LogP contribution < -0.4 is 16.2 Å². The van der Waals surface area contributed by atoms with Gasteiger partial charge < -0.3 is 26.4 Å². The molecule has 1 heterocycles. The number of benzene rings is 2. The average molecular weight is 477 g/mol. The number of amides is 2. The van der Waals surface area contributed by atoms with Gasteiger partial charge in [-0.15, -0.1) is 0 Å². The molecule has 0 aromatic heterocycles. The molecule has 0 spiro atoms. The lowest BCUT2D eigenvalue weighted by molar-refractivity contribution is -0.134. The van der Waals surface area contributed by atoms with Crippen LogP contribution in [-0.4, -0.2) is 80.0 Å². The maximum absolute atomic E-state index is 13.2. The van der Waals surface area contributed by atoms with E-state index in [-0.39, 0.29) is 50.0 Å². The highest BCUT2D eigenvalue weighted by molar-refractivity contribution is 7.89. The van der Waals surface area contributed by atoms with Gasteiger partial charge in [-0.05, 0) is 35.7 Å². The third kappa shape index (κ3) is 6.33. The smallest absolute Gasteiger partial charge is 0.407 e.